The highest BCUT2D eigenvalue weighted by molar-refractivity contribution is 5.78. The lowest BCUT2D eigenvalue weighted by Gasteiger charge is -2.31. The van der Waals surface area contributed by atoms with E-state index in [9.17, 15) is 9.90 Å². The van der Waals surface area contributed by atoms with Crippen molar-refractivity contribution in [3.8, 4) is 11.5 Å². The van der Waals surface area contributed by atoms with Crippen molar-refractivity contribution in [2.24, 2.45) is 5.92 Å². The second-order valence-electron chi connectivity index (χ2n) is 4.97. The summed E-state index contributed by atoms with van der Waals surface area (Å²) in [4.78, 5) is 13.9. The van der Waals surface area contributed by atoms with Crippen LogP contribution >= 0.6 is 0 Å². The molecule has 1 atom stereocenters. The average Bonchev–Trinajstić information content (AvgIpc) is 2.52. The first kappa shape index (κ1) is 14.7. The highest BCUT2D eigenvalue weighted by atomic mass is 16.5. The number of aliphatic hydroxyl groups excluding tert-OH is 1. The van der Waals surface area contributed by atoms with E-state index in [4.69, 9.17) is 9.47 Å². The van der Waals surface area contributed by atoms with Crippen molar-refractivity contribution in [3.05, 3.63) is 24.3 Å². The molecule has 0 aliphatic carbocycles. The van der Waals surface area contributed by atoms with Crippen LogP contribution in [0, 0.1) is 5.92 Å². The largest absolute Gasteiger partial charge is 0.493 e. The first-order valence-electron chi connectivity index (χ1n) is 6.89. The van der Waals surface area contributed by atoms with Crippen LogP contribution in [-0.4, -0.2) is 49.3 Å². The first-order chi connectivity index (χ1) is 9.74. The van der Waals surface area contributed by atoms with Gasteiger partial charge in [0, 0.05) is 19.7 Å². The lowest BCUT2D eigenvalue weighted by Crippen LogP contribution is -2.43. The number of benzene rings is 1. The van der Waals surface area contributed by atoms with Crippen LogP contribution in [0.4, 0.5) is 0 Å². The molecule has 1 saturated heterocycles. The van der Waals surface area contributed by atoms with Crippen LogP contribution in [0.25, 0.3) is 0 Å². The second-order valence-corrected chi connectivity index (χ2v) is 4.97. The van der Waals surface area contributed by atoms with E-state index in [1.807, 2.05) is 12.1 Å². The topological polar surface area (TPSA) is 59.0 Å². The van der Waals surface area contributed by atoms with Crippen molar-refractivity contribution in [2.45, 2.75) is 12.8 Å². The highest BCUT2D eigenvalue weighted by Gasteiger charge is 2.23. The minimum absolute atomic E-state index is 0.00147. The number of aliphatic hydroxyl groups is 1. The Bertz CT molecular complexity index is 449. The zero-order chi connectivity index (χ0) is 14.4. The van der Waals surface area contributed by atoms with Gasteiger partial charge in [-0.1, -0.05) is 12.1 Å². The zero-order valence-corrected chi connectivity index (χ0v) is 11.7. The molecule has 0 saturated carbocycles. The summed E-state index contributed by atoms with van der Waals surface area (Å²) in [5.41, 5.74) is 0. The fourth-order valence-electron chi connectivity index (χ4n) is 2.41. The van der Waals surface area contributed by atoms with E-state index in [2.05, 4.69) is 0 Å². The van der Waals surface area contributed by atoms with Crippen LogP contribution in [0.3, 0.4) is 0 Å². The summed E-state index contributed by atoms with van der Waals surface area (Å²) in [6, 6.07) is 7.26. The van der Waals surface area contributed by atoms with Crippen LogP contribution in [0.5, 0.6) is 11.5 Å². The third-order valence-electron chi connectivity index (χ3n) is 3.55. The molecule has 1 amide bonds. The number of methoxy groups -OCH3 is 1. The normalized spacial score (nSPS) is 18.7. The van der Waals surface area contributed by atoms with Gasteiger partial charge in [0.2, 0.25) is 0 Å². The molecule has 0 aromatic heterocycles. The van der Waals surface area contributed by atoms with Crippen molar-refractivity contribution in [3.63, 3.8) is 0 Å². The van der Waals surface area contributed by atoms with E-state index < -0.39 is 0 Å². The molecule has 1 fully saturated rings. The molecular formula is C15H21NO4. The number of carbonyl (C=O) groups is 1. The molecule has 2 rings (SSSR count). The molecule has 5 nitrogen and oxygen atoms in total. The molecule has 0 radical (unpaired) electrons. The van der Waals surface area contributed by atoms with Crippen LogP contribution in [0.1, 0.15) is 12.8 Å². The Morgan fingerprint density at radius 2 is 2.15 bits per heavy atom. The van der Waals surface area contributed by atoms with Crippen molar-refractivity contribution in [1.29, 1.82) is 0 Å². The van der Waals surface area contributed by atoms with Crippen LogP contribution in [0.15, 0.2) is 24.3 Å². The third kappa shape index (κ3) is 3.63. The fourth-order valence-corrected chi connectivity index (χ4v) is 2.41. The van der Waals surface area contributed by atoms with Crippen LogP contribution < -0.4 is 9.47 Å². The minimum atomic E-state index is -0.0472. The smallest absolute Gasteiger partial charge is 0.260 e. The Morgan fingerprint density at radius 3 is 2.85 bits per heavy atom. The van der Waals surface area contributed by atoms with E-state index in [0.29, 0.717) is 18.0 Å². The SMILES string of the molecule is COc1ccccc1OCC(=O)N1CCCC(CO)C1. The summed E-state index contributed by atoms with van der Waals surface area (Å²) in [7, 11) is 1.57. The quantitative estimate of drug-likeness (QED) is 0.882. The number of nitrogens with zero attached hydrogens (tertiary/aromatic N) is 1. The number of rotatable bonds is 5. The molecule has 1 unspecified atom stereocenters. The molecule has 0 bridgehead atoms. The van der Waals surface area contributed by atoms with Gasteiger partial charge in [-0.05, 0) is 30.9 Å². The molecule has 110 valence electrons. The molecule has 1 aromatic rings. The number of piperidine rings is 1. The van der Waals surface area contributed by atoms with E-state index in [1.165, 1.54) is 0 Å². The molecule has 1 aromatic carbocycles. The van der Waals surface area contributed by atoms with Gasteiger partial charge in [0.05, 0.1) is 7.11 Å². The number of hydrogen-bond acceptors (Lipinski definition) is 4. The molecule has 1 N–H and O–H groups in total. The van der Waals surface area contributed by atoms with Crippen LogP contribution in [-0.2, 0) is 4.79 Å². The Morgan fingerprint density at radius 1 is 1.40 bits per heavy atom. The lowest BCUT2D eigenvalue weighted by atomic mass is 9.99. The third-order valence-corrected chi connectivity index (χ3v) is 3.55. The maximum Gasteiger partial charge on any atom is 0.260 e. The van der Waals surface area contributed by atoms with E-state index >= 15 is 0 Å². The molecule has 1 heterocycles. The monoisotopic (exact) mass is 279 g/mol. The van der Waals surface area contributed by atoms with E-state index in [-0.39, 0.29) is 25.0 Å². The Hall–Kier alpha value is -1.75. The maximum atomic E-state index is 12.1. The first-order valence-corrected chi connectivity index (χ1v) is 6.89. The highest BCUT2D eigenvalue weighted by Crippen LogP contribution is 2.25. The van der Waals surface area contributed by atoms with Gasteiger partial charge >= 0.3 is 0 Å². The van der Waals surface area contributed by atoms with Crippen molar-refractivity contribution >= 4 is 5.91 Å². The number of hydrogen-bond donors (Lipinski definition) is 1. The van der Waals surface area contributed by atoms with Gasteiger partial charge in [-0.25, -0.2) is 0 Å². The number of carbonyl (C=O) groups excluding carboxylic acids is 1. The summed E-state index contributed by atoms with van der Waals surface area (Å²) >= 11 is 0. The summed E-state index contributed by atoms with van der Waals surface area (Å²) in [6.45, 7) is 1.49. The van der Waals surface area contributed by atoms with Crippen molar-refractivity contribution < 1.29 is 19.4 Å². The maximum absolute atomic E-state index is 12.1. The standard InChI is InChI=1S/C15H21NO4/c1-19-13-6-2-3-7-14(13)20-11-15(18)16-8-4-5-12(9-16)10-17/h2-3,6-7,12,17H,4-5,8-11H2,1H3. The average molecular weight is 279 g/mol. The predicted molar refractivity (Wildman–Crippen MR) is 74.9 cm³/mol. The van der Waals surface area contributed by atoms with Gasteiger partial charge < -0.3 is 19.5 Å². The number of likely N-dealkylation sites (tertiary alicyclic amines) is 1. The van der Waals surface area contributed by atoms with Gasteiger partial charge in [0.1, 0.15) is 0 Å². The van der Waals surface area contributed by atoms with Gasteiger partial charge in [0.25, 0.3) is 5.91 Å². The number of para-hydroxylation sites is 2. The minimum Gasteiger partial charge on any atom is -0.493 e. The molecule has 1 aliphatic rings. The summed E-state index contributed by atoms with van der Waals surface area (Å²) in [6.07, 6.45) is 1.92. The molecule has 20 heavy (non-hydrogen) atoms. The molecule has 5 heteroatoms. The van der Waals surface area contributed by atoms with Gasteiger partial charge in [-0.2, -0.15) is 0 Å². The Labute approximate surface area is 119 Å². The van der Waals surface area contributed by atoms with Gasteiger partial charge in [-0.15, -0.1) is 0 Å². The fraction of sp³-hybridized carbons (Fsp3) is 0.533. The van der Waals surface area contributed by atoms with E-state index in [1.54, 1.807) is 24.1 Å². The van der Waals surface area contributed by atoms with Gasteiger partial charge in [-0.3, -0.25) is 4.79 Å². The zero-order valence-electron chi connectivity index (χ0n) is 11.7. The summed E-state index contributed by atoms with van der Waals surface area (Å²) < 4.78 is 10.7. The number of ether oxygens (including phenoxy) is 2. The molecule has 1 aliphatic heterocycles. The summed E-state index contributed by atoms with van der Waals surface area (Å²) in [5, 5.41) is 9.18. The Balaban J connectivity index is 1.88. The van der Waals surface area contributed by atoms with Crippen molar-refractivity contribution in [1.82, 2.24) is 4.90 Å². The van der Waals surface area contributed by atoms with Crippen molar-refractivity contribution in [2.75, 3.05) is 33.4 Å². The summed E-state index contributed by atoms with van der Waals surface area (Å²) in [5.74, 6) is 1.33. The Kier molecular flexibility index (Phi) is 5.24. The molecular weight excluding hydrogens is 258 g/mol. The number of amides is 1. The second kappa shape index (κ2) is 7.14. The molecule has 0 spiro atoms. The lowest BCUT2D eigenvalue weighted by molar-refractivity contribution is -0.135. The van der Waals surface area contributed by atoms with E-state index in [0.717, 1.165) is 19.4 Å². The predicted octanol–water partition coefficient (Wildman–Crippen LogP) is 1.30. The van der Waals surface area contributed by atoms with Crippen LogP contribution in [0.2, 0.25) is 0 Å². The van der Waals surface area contributed by atoms with Gasteiger partial charge in [0.15, 0.2) is 18.1 Å².